The van der Waals surface area contributed by atoms with Crippen LogP contribution in [0.1, 0.15) is 43.6 Å². The van der Waals surface area contributed by atoms with Gasteiger partial charge in [0.05, 0.1) is 22.4 Å². The first kappa shape index (κ1) is 39.2. The Morgan fingerprint density at radius 3 is 1.87 bits per heavy atom. The highest BCUT2D eigenvalue weighted by Gasteiger charge is 2.25. The van der Waals surface area contributed by atoms with Gasteiger partial charge in [0, 0.05) is 44.0 Å². The second-order valence-electron chi connectivity index (χ2n) is 18.2. The van der Waals surface area contributed by atoms with Gasteiger partial charge >= 0.3 is 0 Å². The highest BCUT2D eigenvalue weighted by atomic mass is 16.3. The zero-order valence-corrected chi connectivity index (χ0v) is 37.3. The predicted octanol–water partition coefficient (Wildman–Crippen LogP) is 18.4. The summed E-state index contributed by atoms with van der Waals surface area (Å²) in [6, 6.07) is 82.3. The Balaban J connectivity index is 0.986. The first-order chi connectivity index (χ1) is 33.2. The third kappa shape index (κ3) is 6.72. The Morgan fingerprint density at radius 1 is 0.403 bits per heavy atom. The van der Waals surface area contributed by atoms with E-state index < -0.39 is 0 Å². The molecule has 0 radical (unpaired) electrons. The summed E-state index contributed by atoms with van der Waals surface area (Å²) in [6.07, 6.45) is 6.42. The largest absolute Gasteiger partial charge is 0.456 e. The lowest BCUT2D eigenvalue weighted by atomic mass is 9.80. The molecule has 2 heterocycles. The molecule has 1 fully saturated rings. The second-order valence-corrected chi connectivity index (χ2v) is 18.2. The lowest BCUT2D eigenvalue weighted by molar-refractivity contribution is 0.445. The van der Waals surface area contributed by atoms with E-state index >= 15 is 0 Å². The lowest BCUT2D eigenvalue weighted by Gasteiger charge is -2.31. The molecule has 13 rings (SSSR count). The van der Waals surface area contributed by atoms with Crippen LogP contribution in [0, 0.1) is 0 Å². The van der Waals surface area contributed by atoms with Gasteiger partial charge in [0.25, 0.3) is 0 Å². The SMILES string of the molecule is c1ccc(-n2c3ccccc3c3cc(-c4ccc(N(c5ccccc5-c5ccc6c(c5)oc5ccccc56)c5ccccc5-c5cccc6cccc(C7CCCCC7)c56)cc4)ccc32)cc1. The van der Waals surface area contributed by atoms with Gasteiger partial charge in [-0.25, -0.2) is 0 Å². The molecule has 3 heteroatoms. The number of fused-ring (bicyclic) bond motifs is 7. The van der Waals surface area contributed by atoms with Gasteiger partial charge in [-0.3, -0.25) is 0 Å². The first-order valence-electron chi connectivity index (χ1n) is 23.9. The smallest absolute Gasteiger partial charge is 0.136 e. The summed E-state index contributed by atoms with van der Waals surface area (Å²) in [7, 11) is 0. The van der Waals surface area contributed by atoms with Crippen LogP contribution in [0.15, 0.2) is 229 Å². The van der Waals surface area contributed by atoms with Crippen molar-refractivity contribution in [1.29, 1.82) is 0 Å². The maximum absolute atomic E-state index is 6.48. The maximum atomic E-state index is 6.48. The van der Waals surface area contributed by atoms with Crippen molar-refractivity contribution in [2.45, 2.75) is 38.0 Å². The number of anilines is 3. The topological polar surface area (TPSA) is 21.3 Å². The normalized spacial score (nSPS) is 13.3. The summed E-state index contributed by atoms with van der Waals surface area (Å²) in [5.41, 5.74) is 17.3. The van der Waals surface area contributed by atoms with E-state index in [4.69, 9.17) is 4.42 Å². The zero-order valence-electron chi connectivity index (χ0n) is 37.3. The van der Waals surface area contributed by atoms with E-state index in [2.05, 4.69) is 228 Å². The van der Waals surface area contributed by atoms with E-state index in [1.807, 2.05) is 6.07 Å². The lowest BCUT2D eigenvalue weighted by Crippen LogP contribution is -2.12. The molecule has 0 spiro atoms. The third-order valence-corrected chi connectivity index (χ3v) is 14.4. The predicted molar refractivity (Wildman–Crippen MR) is 282 cm³/mol. The van der Waals surface area contributed by atoms with E-state index in [1.54, 1.807) is 0 Å². The molecule has 1 aliphatic carbocycles. The molecule has 0 amide bonds. The monoisotopic (exact) mass is 860 g/mol. The number of nitrogens with zero attached hydrogens (tertiary/aromatic N) is 2. The minimum absolute atomic E-state index is 0.567. The Morgan fingerprint density at radius 2 is 1.03 bits per heavy atom. The molecule has 0 saturated heterocycles. The standard InChI is InChI=1S/C64H48N2O/c1-3-17-44(18-4-1)51-27-15-19-45-20-16-28-56(64(45)51)52-24-8-12-30-59(52)66(58-29-11-7-23-50(58)47-35-39-55-54-26-10-14-32-62(54)67-63(55)42-47)49-37-33-43(34-38-49)46-36-40-61-57(41-46)53-25-9-13-31-60(53)65(61)48-21-5-2-6-22-48/h2,5-16,19-42,44H,1,3-4,17-18H2. The van der Waals surface area contributed by atoms with Gasteiger partial charge in [-0.1, -0.05) is 171 Å². The van der Waals surface area contributed by atoms with Crippen LogP contribution in [0.4, 0.5) is 17.1 Å². The fourth-order valence-corrected chi connectivity index (χ4v) is 11.3. The number of furan rings is 1. The molecule has 1 saturated carbocycles. The van der Waals surface area contributed by atoms with Crippen molar-refractivity contribution in [3.8, 4) is 39.1 Å². The molecule has 1 aliphatic rings. The van der Waals surface area contributed by atoms with E-state index in [-0.39, 0.29) is 0 Å². The van der Waals surface area contributed by atoms with Gasteiger partial charge in [-0.15, -0.1) is 0 Å². The van der Waals surface area contributed by atoms with Gasteiger partial charge < -0.3 is 13.9 Å². The highest BCUT2D eigenvalue weighted by molar-refractivity contribution is 6.11. The van der Waals surface area contributed by atoms with Crippen molar-refractivity contribution in [2.24, 2.45) is 0 Å². The molecule has 0 aliphatic heterocycles. The number of rotatable bonds is 8. The summed E-state index contributed by atoms with van der Waals surface area (Å²) in [4.78, 5) is 2.48. The third-order valence-electron chi connectivity index (χ3n) is 14.4. The van der Waals surface area contributed by atoms with Crippen molar-refractivity contribution in [3.05, 3.63) is 230 Å². The number of hydrogen-bond donors (Lipinski definition) is 0. The molecule has 12 aromatic rings. The van der Waals surface area contributed by atoms with Crippen molar-refractivity contribution < 1.29 is 4.42 Å². The molecule has 67 heavy (non-hydrogen) atoms. The summed E-state index contributed by atoms with van der Waals surface area (Å²) >= 11 is 0. The van der Waals surface area contributed by atoms with Crippen LogP contribution >= 0.6 is 0 Å². The fraction of sp³-hybridized carbons (Fsp3) is 0.0938. The quantitative estimate of drug-likeness (QED) is 0.152. The minimum Gasteiger partial charge on any atom is -0.456 e. The summed E-state index contributed by atoms with van der Waals surface area (Å²) in [5.74, 6) is 0.567. The first-order valence-corrected chi connectivity index (χ1v) is 23.9. The van der Waals surface area contributed by atoms with E-state index in [1.165, 1.54) is 92.5 Å². The maximum Gasteiger partial charge on any atom is 0.136 e. The Bertz CT molecular complexity index is 3790. The molecule has 320 valence electrons. The molecule has 2 aromatic heterocycles. The van der Waals surface area contributed by atoms with Crippen molar-refractivity contribution in [3.63, 3.8) is 0 Å². The van der Waals surface area contributed by atoms with Crippen LogP contribution in [-0.2, 0) is 0 Å². The summed E-state index contributed by atoms with van der Waals surface area (Å²) < 4.78 is 8.86. The van der Waals surface area contributed by atoms with Crippen molar-refractivity contribution in [2.75, 3.05) is 4.90 Å². The molecular weight excluding hydrogens is 813 g/mol. The molecule has 10 aromatic carbocycles. The molecule has 0 unspecified atom stereocenters. The van der Waals surface area contributed by atoms with Gasteiger partial charge in [0.1, 0.15) is 11.2 Å². The van der Waals surface area contributed by atoms with E-state index in [0.717, 1.165) is 55.8 Å². The van der Waals surface area contributed by atoms with E-state index in [0.29, 0.717) is 5.92 Å². The van der Waals surface area contributed by atoms with Crippen LogP contribution in [0.3, 0.4) is 0 Å². The van der Waals surface area contributed by atoms with Crippen LogP contribution in [0.25, 0.3) is 93.6 Å². The zero-order chi connectivity index (χ0) is 44.3. The average Bonchev–Trinajstić information content (AvgIpc) is 3.94. The second kappa shape index (κ2) is 16.4. The van der Waals surface area contributed by atoms with E-state index in [9.17, 15) is 0 Å². The van der Waals surface area contributed by atoms with Crippen LogP contribution in [-0.4, -0.2) is 4.57 Å². The number of benzene rings is 10. The van der Waals surface area contributed by atoms with Gasteiger partial charge in [-0.05, 0) is 130 Å². The van der Waals surface area contributed by atoms with Crippen molar-refractivity contribution >= 4 is 71.6 Å². The molecule has 0 atom stereocenters. The number of aromatic nitrogens is 1. The Kier molecular flexibility index (Phi) is 9.60. The summed E-state index contributed by atoms with van der Waals surface area (Å²) in [6.45, 7) is 0. The molecule has 0 N–H and O–H groups in total. The number of para-hydroxylation sites is 5. The van der Waals surface area contributed by atoms with Crippen LogP contribution in [0.5, 0.6) is 0 Å². The Labute approximate surface area is 390 Å². The molecule has 0 bridgehead atoms. The Hall–Kier alpha value is -8.14. The fourth-order valence-electron chi connectivity index (χ4n) is 11.3. The van der Waals surface area contributed by atoms with Gasteiger partial charge in [-0.2, -0.15) is 0 Å². The number of hydrogen-bond acceptors (Lipinski definition) is 2. The molecule has 3 nitrogen and oxygen atoms in total. The van der Waals surface area contributed by atoms with Crippen LogP contribution < -0.4 is 4.90 Å². The summed E-state index contributed by atoms with van der Waals surface area (Å²) in [5, 5.41) is 7.44. The minimum atomic E-state index is 0.567. The average molecular weight is 861 g/mol. The van der Waals surface area contributed by atoms with Crippen molar-refractivity contribution in [1.82, 2.24) is 4.57 Å². The van der Waals surface area contributed by atoms with Gasteiger partial charge in [0.2, 0.25) is 0 Å². The van der Waals surface area contributed by atoms with Crippen LogP contribution in [0.2, 0.25) is 0 Å². The highest BCUT2D eigenvalue weighted by Crippen LogP contribution is 2.48. The molecular formula is C64H48N2O. The van der Waals surface area contributed by atoms with Gasteiger partial charge in [0.15, 0.2) is 0 Å².